The van der Waals surface area contributed by atoms with Gasteiger partial charge < -0.3 is 10.2 Å². The Hall–Kier alpha value is -2.37. The largest absolute Gasteiger partial charge is 0.336 e. The van der Waals surface area contributed by atoms with Gasteiger partial charge in [-0.25, -0.2) is 0 Å². The first-order chi connectivity index (χ1) is 13.6. The van der Waals surface area contributed by atoms with Crippen molar-refractivity contribution in [1.82, 2.24) is 9.80 Å². The number of rotatable bonds is 4. The van der Waals surface area contributed by atoms with Gasteiger partial charge in [-0.1, -0.05) is 29.8 Å². The van der Waals surface area contributed by atoms with E-state index < -0.39 is 0 Å². The quantitative estimate of drug-likeness (QED) is 0.861. The van der Waals surface area contributed by atoms with Crippen LogP contribution in [0.5, 0.6) is 0 Å². The van der Waals surface area contributed by atoms with Crippen LogP contribution in [-0.2, 0) is 17.6 Å². The molecule has 1 aliphatic carbocycles. The molecule has 0 unspecified atom stereocenters. The van der Waals surface area contributed by atoms with E-state index >= 15 is 0 Å². The first-order valence-corrected chi connectivity index (χ1v) is 10.2. The number of carbonyl (C=O) groups is 2. The molecule has 4 rings (SSSR count). The highest BCUT2D eigenvalue weighted by molar-refractivity contribution is 6.33. The van der Waals surface area contributed by atoms with Crippen LogP contribution >= 0.6 is 11.6 Å². The van der Waals surface area contributed by atoms with Crippen LogP contribution in [0.15, 0.2) is 42.5 Å². The van der Waals surface area contributed by atoms with Crippen LogP contribution in [0, 0.1) is 0 Å². The van der Waals surface area contributed by atoms with E-state index in [0.29, 0.717) is 43.3 Å². The zero-order chi connectivity index (χ0) is 19.5. The molecular formula is C22H24ClN3O2. The van der Waals surface area contributed by atoms with E-state index in [2.05, 4.69) is 22.3 Å². The lowest BCUT2D eigenvalue weighted by Crippen LogP contribution is -2.50. The number of aryl methyl sites for hydroxylation is 2. The van der Waals surface area contributed by atoms with Gasteiger partial charge in [0.15, 0.2) is 0 Å². The van der Waals surface area contributed by atoms with Crippen LogP contribution in [0.4, 0.5) is 5.69 Å². The molecule has 2 aromatic carbocycles. The molecular weight excluding hydrogens is 374 g/mol. The minimum Gasteiger partial charge on any atom is -0.336 e. The van der Waals surface area contributed by atoms with Crippen molar-refractivity contribution < 1.29 is 9.59 Å². The number of nitrogens with zero attached hydrogens (tertiary/aromatic N) is 2. The average Bonchev–Trinajstić information content (AvgIpc) is 3.16. The van der Waals surface area contributed by atoms with Crippen LogP contribution in [0.25, 0.3) is 0 Å². The second kappa shape index (κ2) is 8.33. The fourth-order valence-electron chi connectivity index (χ4n) is 3.97. The second-order valence-electron chi connectivity index (χ2n) is 7.43. The molecule has 0 spiro atoms. The number of benzene rings is 2. The summed E-state index contributed by atoms with van der Waals surface area (Å²) in [5.74, 6) is -0.0586. The molecule has 1 heterocycles. The van der Waals surface area contributed by atoms with Gasteiger partial charge in [0.25, 0.3) is 5.91 Å². The third-order valence-electron chi connectivity index (χ3n) is 5.51. The first kappa shape index (κ1) is 19.0. The van der Waals surface area contributed by atoms with Crippen LogP contribution in [0.1, 0.15) is 27.9 Å². The first-order valence-electron chi connectivity index (χ1n) is 9.78. The summed E-state index contributed by atoms with van der Waals surface area (Å²) in [6.07, 6.45) is 3.44. The van der Waals surface area contributed by atoms with Gasteiger partial charge in [0.2, 0.25) is 5.91 Å². The van der Waals surface area contributed by atoms with Crippen LogP contribution in [0.2, 0.25) is 5.02 Å². The Bertz CT molecular complexity index is 891. The van der Waals surface area contributed by atoms with Crippen molar-refractivity contribution in [2.75, 3.05) is 38.0 Å². The summed E-state index contributed by atoms with van der Waals surface area (Å²) in [5.41, 5.74) is 4.16. The van der Waals surface area contributed by atoms with Crippen molar-refractivity contribution in [3.05, 3.63) is 64.2 Å². The molecule has 1 fully saturated rings. The molecule has 2 aliphatic rings. The average molecular weight is 398 g/mol. The smallest absolute Gasteiger partial charge is 0.255 e. The van der Waals surface area contributed by atoms with Gasteiger partial charge in [-0.15, -0.1) is 0 Å². The molecule has 1 N–H and O–H groups in total. The maximum absolute atomic E-state index is 12.6. The van der Waals surface area contributed by atoms with Crippen molar-refractivity contribution in [2.45, 2.75) is 19.3 Å². The lowest BCUT2D eigenvalue weighted by Gasteiger charge is -2.34. The highest BCUT2D eigenvalue weighted by Gasteiger charge is 2.24. The van der Waals surface area contributed by atoms with Gasteiger partial charge in [0, 0.05) is 31.9 Å². The molecule has 2 amide bonds. The highest BCUT2D eigenvalue weighted by Crippen LogP contribution is 2.25. The summed E-state index contributed by atoms with van der Waals surface area (Å²) >= 11 is 6.14. The number of anilines is 1. The topological polar surface area (TPSA) is 52.7 Å². The maximum atomic E-state index is 12.6. The number of hydrogen-bond acceptors (Lipinski definition) is 3. The number of nitrogens with one attached hydrogen (secondary N) is 1. The van der Waals surface area contributed by atoms with Crippen molar-refractivity contribution in [1.29, 1.82) is 0 Å². The fourth-order valence-corrected chi connectivity index (χ4v) is 4.18. The summed E-state index contributed by atoms with van der Waals surface area (Å²) in [6.45, 7) is 2.87. The summed E-state index contributed by atoms with van der Waals surface area (Å²) in [4.78, 5) is 28.9. The fraction of sp³-hybridized carbons (Fsp3) is 0.364. The molecule has 0 bridgehead atoms. The van der Waals surface area contributed by atoms with Gasteiger partial charge in [-0.3, -0.25) is 14.5 Å². The Morgan fingerprint density at radius 2 is 1.71 bits per heavy atom. The Morgan fingerprint density at radius 3 is 2.50 bits per heavy atom. The zero-order valence-electron chi connectivity index (χ0n) is 15.8. The molecule has 6 heteroatoms. The third kappa shape index (κ3) is 4.21. The number of hydrogen-bond donors (Lipinski definition) is 1. The van der Waals surface area contributed by atoms with Crippen molar-refractivity contribution in [3.8, 4) is 0 Å². The normalized spacial score (nSPS) is 16.7. The van der Waals surface area contributed by atoms with E-state index in [4.69, 9.17) is 11.6 Å². The second-order valence-corrected chi connectivity index (χ2v) is 7.84. The van der Waals surface area contributed by atoms with E-state index in [0.717, 1.165) is 18.5 Å². The molecule has 5 nitrogen and oxygen atoms in total. The Balaban J connectivity index is 1.28. The van der Waals surface area contributed by atoms with E-state index in [1.807, 2.05) is 18.2 Å². The SMILES string of the molecule is O=C(CN1CCN(C(=O)c2ccccc2Cl)CC1)Nc1ccc2c(c1)CCC2. The number of fused-ring (bicyclic) bond motifs is 1. The van der Waals surface area contributed by atoms with E-state index in [9.17, 15) is 9.59 Å². The summed E-state index contributed by atoms with van der Waals surface area (Å²) < 4.78 is 0. The van der Waals surface area contributed by atoms with Gasteiger partial charge in [-0.2, -0.15) is 0 Å². The predicted octanol–water partition coefficient (Wildman–Crippen LogP) is 3.23. The molecule has 0 saturated carbocycles. The van der Waals surface area contributed by atoms with E-state index in [1.165, 1.54) is 17.5 Å². The van der Waals surface area contributed by atoms with Crippen molar-refractivity contribution in [2.24, 2.45) is 0 Å². The Morgan fingerprint density at radius 1 is 0.964 bits per heavy atom. The molecule has 0 aromatic heterocycles. The van der Waals surface area contributed by atoms with Crippen molar-refractivity contribution in [3.63, 3.8) is 0 Å². The standard InChI is InChI=1S/C22H24ClN3O2/c23-20-7-2-1-6-19(20)22(28)26-12-10-25(11-13-26)15-21(27)24-18-9-8-16-4-3-5-17(16)14-18/h1-2,6-9,14H,3-5,10-13,15H2,(H,24,27). The zero-order valence-corrected chi connectivity index (χ0v) is 16.5. The molecule has 146 valence electrons. The summed E-state index contributed by atoms with van der Waals surface area (Å²) in [6, 6.07) is 13.3. The molecule has 28 heavy (non-hydrogen) atoms. The van der Waals surface area contributed by atoms with Gasteiger partial charge in [0.05, 0.1) is 17.1 Å². The van der Waals surface area contributed by atoms with Crippen molar-refractivity contribution >= 4 is 29.1 Å². The number of carbonyl (C=O) groups excluding carboxylic acids is 2. The van der Waals surface area contributed by atoms with Crippen LogP contribution in [-0.4, -0.2) is 54.3 Å². The molecule has 1 aliphatic heterocycles. The molecule has 0 atom stereocenters. The van der Waals surface area contributed by atoms with E-state index in [1.54, 1.807) is 17.0 Å². The van der Waals surface area contributed by atoms with Gasteiger partial charge in [-0.05, 0) is 54.7 Å². The van der Waals surface area contributed by atoms with Crippen LogP contribution in [0.3, 0.4) is 0 Å². The minimum atomic E-state index is -0.0483. The van der Waals surface area contributed by atoms with E-state index in [-0.39, 0.29) is 11.8 Å². The Kier molecular flexibility index (Phi) is 5.64. The number of amides is 2. The third-order valence-corrected chi connectivity index (χ3v) is 5.84. The summed E-state index contributed by atoms with van der Waals surface area (Å²) in [7, 11) is 0. The summed E-state index contributed by atoms with van der Waals surface area (Å²) in [5, 5.41) is 3.48. The van der Waals surface area contributed by atoms with Gasteiger partial charge >= 0.3 is 0 Å². The van der Waals surface area contributed by atoms with Crippen LogP contribution < -0.4 is 5.32 Å². The van der Waals surface area contributed by atoms with Gasteiger partial charge in [0.1, 0.15) is 0 Å². The highest BCUT2D eigenvalue weighted by atomic mass is 35.5. The predicted molar refractivity (Wildman–Crippen MR) is 111 cm³/mol. The molecule has 2 aromatic rings. The lowest BCUT2D eigenvalue weighted by molar-refractivity contribution is -0.117. The lowest BCUT2D eigenvalue weighted by atomic mass is 10.1. The number of halogens is 1. The Labute approximate surface area is 170 Å². The minimum absolute atomic E-state index is 0.0103. The molecule has 0 radical (unpaired) electrons. The maximum Gasteiger partial charge on any atom is 0.255 e. The number of piperazine rings is 1. The monoisotopic (exact) mass is 397 g/mol. The molecule has 1 saturated heterocycles.